The first-order valence-corrected chi connectivity index (χ1v) is 1.52. The van der Waals surface area contributed by atoms with Crippen LogP contribution in [0.25, 0.3) is 0 Å². The summed E-state index contributed by atoms with van der Waals surface area (Å²) in [5.74, 6) is 0. The van der Waals surface area contributed by atoms with Gasteiger partial charge >= 0.3 is 0 Å². The molecular weight excluding hydrogens is 250 g/mol. The summed E-state index contributed by atoms with van der Waals surface area (Å²) >= 11 is 0. The van der Waals surface area contributed by atoms with Gasteiger partial charge < -0.3 is 5.11 Å². The van der Waals surface area contributed by atoms with Gasteiger partial charge in [0.1, 0.15) is 0 Å². The first kappa shape index (κ1) is 33.2. The smallest absolute Gasteiger partial charge is 0.0428 e. The van der Waals surface area contributed by atoms with Gasteiger partial charge in [0.05, 0.1) is 0 Å². The minimum absolute atomic E-state index is 0. The molecule has 0 amide bonds. The Morgan fingerprint density at radius 1 is 1.12 bits per heavy atom. The van der Waals surface area contributed by atoms with Crippen molar-refractivity contribution in [2.24, 2.45) is 0 Å². The van der Waals surface area contributed by atoms with E-state index in [0.717, 1.165) is 6.42 Å². The zero-order valence-electron chi connectivity index (χ0n) is 4.59. The Morgan fingerprint density at radius 3 is 1.25 bits per heavy atom. The minimum Gasteiger partial charge on any atom is -0.396 e. The van der Waals surface area contributed by atoms with Gasteiger partial charge in [0.15, 0.2) is 0 Å². The fourth-order valence-corrected chi connectivity index (χ4v) is 0. The molecule has 0 rings (SSSR count). The molecule has 0 aromatic carbocycles. The molecule has 0 saturated heterocycles. The van der Waals surface area contributed by atoms with Crippen LogP contribution in [0.1, 0.15) is 13.3 Å². The molecule has 1 nitrogen and oxygen atoms in total. The standard InChI is InChI=1S/C3H8O.3ClH.Zr/c1-2-3-4;;;;/h4H,2-3H2,1H3;3*1H;. The Hall–Kier alpha value is 1.71. The van der Waals surface area contributed by atoms with Crippen LogP contribution in [0.2, 0.25) is 0 Å². The maximum Gasteiger partial charge on any atom is 0.0428 e. The third kappa shape index (κ3) is 47.2. The molecule has 54 valence electrons. The number of halogens is 3. The van der Waals surface area contributed by atoms with Crippen LogP contribution in [-0.2, 0) is 26.2 Å². The van der Waals surface area contributed by atoms with Crippen molar-refractivity contribution < 1.29 is 31.3 Å². The zero-order valence-corrected chi connectivity index (χ0v) is 9.49. The Kier molecular flexibility index (Phi) is 156. The van der Waals surface area contributed by atoms with Crippen LogP contribution in [0.5, 0.6) is 0 Å². The van der Waals surface area contributed by atoms with Gasteiger partial charge in [-0.3, -0.25) is 0 Å². The van der Waals surface area contributed by atoms with Crippen molar-refractivity contribution in [3.63, 3.8) is 0 Å². The van der Waals surface area contributed by atoms with Crippen molar-refractivity contribution in [3.05, 3.63) is 0 Å². The van der Waals surface area contributed by atoms with Crippen LogP contribution in [0, 0.1) is 0 Å². The minimum atomic E-state index is 0. The van der Waals surface area contributed by atoms with Gasteiger partial charge in [-0.25, -0.2) is 0 Å². The average molecular weight is 261 g/mol. The number of aliphatic hydroxyl groups excluding tert-OH is 1. The summed E-state index contributed by atoms with van der Waals surface area (Å²) < 4.78 is 0. The first-order chi connectivity index (χ1) is 1.91. The molecule has 0 saturated carbocycles. The molecule has 0 aromatic rings. The molecule has 0 spiro atoms. The van der Waals surface area contributed by atoms with E-state index < -0.39 is 0 Å². The number of hydrogen-bond acceptors (Lipinski definition) is 1. The number of hydrogen-bond donors (Lipinski definition) is 1. The molecule has 0 aliphatic carbocycles. The average Bonchev–Trinajstić information content (AvgIpc) is 1.37. The Labute approximate surface area is 88.0 Å². The van der Waals surface area contributed by atoms with Crippen molar-refractivity contribution in [2.45, 2.75) is 13.3 Å². The van der Waals surface area contributed by atoms with Gasteiger partial charge in [0.2, 0.25) is 0 Å². The molecular formula is C3H11Cl3OZr. The van der Waals surface area contributed by atoms with Gasteiger partial charge in [-0.2, -0.15) is 0 Å². The topological polar surface area (TPSA) is 20.2 Å². The van der Waals surface area contributed by atoms with Crippen molar-refractivity contribution in [3.8, 4) is 0 Å². The van der Waals surface area contributed by atoms with Gasteiger partial charge in [-0.05, 0) is 6.42 Å². The molecule has 8 heavy (non-hydrogen) atoms. The van der Waals surface area contributed by atoms with E-state index in [9.17, 15) is 0 Å². The van der Waals surface area contributed by atoms with Crippen LogP contribution >= 0.6 is 37.2 Å². The molecule has 0 aliphatic rings. The molecule has 0 aliphatic heterocycles. The largest absolute Gasteiger partial charge is 0.396 e. The second-order valence-electron chi connectivity index (χ2n) is 0.724. The number of aliphatic hydroxyl groups is 1. The predicted octanol–water partition coefficient (Wildman–Crippen LogP) is 1.65. The van der Waals surface area contributed by atoms with E-state index in [1.807, 2.05) is 6.92 Å². The summed E-state index contributed by atoms with van der Waals surface area (Å²) in [5, 5.41) is 7.88. The van der Waals surface area contributed by atoms with Gasteiger partial charge in [-0.1, -0.05) is 6.92 Å². The summed E-state index contributed by atoms with van der Waals surface area (Å²) in [6.07, 6.45) is 0.875. The van der Waals surface area contributed by atoms with Crippen LogP contribution < -0.4 is 0 Å². The van der Waals surface area contributed by atoms with Crippen LogP contribution in [0.3, 0.4) is 0 Å². The summed E-state index contributed by atoms with van der Waals surface area (Å²) in [4.78, 5) is 0. The fourth-order valence-electron chi connectivity index (χ4n) is 0. The van der Waals surface area contributed by atoms with E-state index in [-0.39, 0.29) is 63.4 Å². The van der Waals surface area contributed by atoms with E-state index >= 15 is 0 Å². The first-order valence-electron chi connectivity index (χ1n) is 1.52. The van der Waals surface area contributed by atoms with Crippen molar-refractivity contribution in [1.29, 1.82) is 0 Å². The summed E-state index contributed by atoms with van der Waals surface area (Å²) in [7, 11) is 0. The third-order valence-electron chi connectivity index (χ3n) is 0.224. The maximum atomic E-state index is 7.88. The Balaban J connectivity index is -0.00000000750. The number of rotatable bonds is 1. The summed E-state index contributed by atoms with van der Waals surface area (Å²) in [6.45, 7) is 2.25. The van der Waals surface area contributed by atoms with Gasteiger partial charge in [-0.15, -0.1) is 37.2 Å². The van der Waals surface area contributed by atoms with E-state index in [1.54, 1.807) is 0 Å². The van der Waals surface area contributed by atoms with E-state index in [4.69, 9.17) is 5.11 Å². The molecule has 0 atom stereocenters. The van der Waals surface area contributed by atoms with Crippen molar-refractivity contribution >= 4 is 37.2 Å². The Morgan fingerprint density at radius 2 is 1.25 bits per heavy atom. The van der Waals surface area contributed by atoms with Crippen LogP contribution in [0.4, 0.5) is 0 Å². The van der Waals surface area contributed by atoms with Gasteiger partial charge in [0, 0.05) is 32.8 Å². The molecule has 0 fully saturated rings. The molecule has 0 bridgehead atoms. The van der Waals surface area contributed by atoms with E-state index in [1.165, 1.54) is 0 Å². The fraction of sp³-hybridized carbons (Fsp3) is 1.00. The zero-order chi connectivity index (χ0) is 3.41. The van der Waals surface area contributed by atoms with Crippen LogP contribution in [0.15, 0.2) is 0 Å². The van der Waals surface area contributed by atoms with E-state index in [0.29, 0.717) is 6.61 Å². The summed E-state index contributed by atoms with van der Waals surface area (Å²) in [6, 6.07) is 0. The molecule has 5 heteroatoms. The molecule has 0 heterocycles. The van der Waals surface area contributed by atoms with Crippen molar-refractivity contribution in [2.75, 3.05) is 6.61 Å². The van der Waals surface area contributed by atoms with Crippen molar-refractivity contribution in [1.82, 2.24) is 0 Å². The summed E-state index contributed by atoms with van der Waals surface area (Å²) in [5.41, 5.74) is 0. The monoisotopic (exact) mass is 258 g/mol. The van der Waals surface area contributed by atoms with E-state index in [2.05, 4.69) is 0 Å². The quantitative estimate of drug-likeness (QED) is 0.760. The molecule has 1 N–H and O–H groups in total. The Bertz CT molecular complexity index is 16.5. The van der Waals surface area contributed by atoms with Crippen LogP contribution in [-0.4, -0.2) is 11.7 Å². The maximum absolute atomic E-state index is 7.88. The molecule has 0 unspecified atom stereocenters. The van der Waals surface area contributed by atoms with Gasteiger partial charge in [0.25, 0.3) is 0 Å². The predicted molar refractivity (Wildman–Crippen MR) is 39.1 cm³/mol. The normalized spacial score (nSPS) is 3.75. The SMILES string of the molecule is CCCO.Cl.Cl.Cl.[Zr]. The molecule has 0 aromatic heterocycles. The molecule has 0 radical (unpaired) electrons. The third-order valence-corrected chi connectivity index (χ3v) is 0.224. The second kappa shape index (κ2) is 37.6. The second-order valence-corrected chi connectivity index (χ2v) is 0.724.